The number of aliphatic hydroxyl groups excluding tert-OH is 1. The molecule has 0 radical (unpaired) electrons. The molecule has 0 saturated carbocycles. The van der Waals surface area contributed by atoms with Crippen molar-refractivity contribution in [1.82, 2.24) is 0 Å². The van der Waals surface area contributed by atoms with E-state index in [9.17, 15) is 9.90 Å². The normalized spacial score (nSPS) is 12.5. The minimum atomic E-state index is -0.771. The topological polar surface area (TPSA) is 57.5 Å². The van der Waals surface area contributed by atoms with Crippen LogP contribution in [-0.4, -0.2) is 16.0 Å². The highest BCUT2D eigenvalue weighted by molar-refractivity contribution is 6.30. The van der Waals surface area contributed by atoms with E-state index in [0.717, 1.165) is 0 Å². The van der Waals surface area contributed by atoms with Crippen LogP contribution in [0.25, 0.3) is 0 Å². The number of hydrogen-bond acceptors (Lipinski definition) is 3. The standard InChI is InChI=1S/C10H11ClO3/c1-6(13)10(11)8-2-7(5-12)3-9(14)4-8/h2-4,10,12,14H,5H2,1H3. The van der Waals surface area contributed by atoms with E-state index >= 15 is 0 Å². The zero-order valence-corrected chi connectivity index (χ0v) is 8.45. The Morgan fingerprint density at radius 2 is 2.14 bits per heavy atom. The Labute approximate surface area is 86.9 Å². The average molecular weight is 215 g/mol. The largest absolute Gasteiger partial charge is 0.508 e. The van der Waals surface area contributed by atoms with E-state index in [1.165, 1.54) is 19.1 Å². The van der Waals surface area contributed by atoms with E-state index in [2.05, 4.69) is 0 Å². The van der Waals surface area contributed by atoms with E-state index < -0.39 is 5.38 Å². The van der Waals surface area contributed by atoms with Crippen LogP contribution in [0.4, 0.5) is 0 Å². The van der Waals surface area contributed by atoms with E-state index in [1.54, 1.807) is 6.07 Å². The maximum atomic E-state index is 11.0. The second-order valence-corrected chi connectivity index (χ2v) is 3.50. The van der Waals surface area contributed by atoms with Gasteiger partial charge in [-0.25, -0.2) is 0 Å². The first kappa shape index (κ1) is 11.0. The van der Waals surface area contributed by atoms with Crippen molar-refractivity contribution in [2.45, 2.75) is 18.9 Å². The maximum Gasteiger partial charge on any atom is 0.152 e. The number of phenolic OH excluding ortho intramolecular Hbond substituents is 1. The molecule has 0 heterocycles. The quantitative estimate of drug-likeness (QED) is 0.754. The van der Waals surface area contributed by atoms with Crippen molar-refractivity contribution >= 4 is 17.4 Å². The highest BCUT2D eigenvalue weighted by Crippen LogP contribution is 2.26. The van der Waals surface area contributed by atoms with Crippen LogP contribution in [0.15, 0.2) is 18.2 Å². The summed E-state index contributed by atoms with van der Waals surface area (Å²) in [4.78, 5) is 11.0. The summed E-state index contributed by atoms with van der Waals surface area (Å²) in [5.41, 5.74) is 1.04. The van der Waals surface area contributed by atoms with E-state index in [0.29, 0.717) is 11.1 Å². The first-order chi connectivity index (χ1) is 6.54. The second kappa shape index (κ2) is 4.44. The number of alkyl halides is 1. The minimum absolute atomic E-state index is 0.00144. The van der Waals surface area contributed by atoms with Crippen LogP contribution in [0.5, 0.6) is 5.75 Å². The van der Waals surface area contributed by atoms with Crippen molar-refractivity contribution in [3.63, 3.8) is 0 Å². The number of ketones is 1. The molecule has 0 aliphatic rings. The van der Waals surface area contributed by atoms with Crippen molar-refractivity contribution in [2.75, 3.05) is 0 Å². The van der Waals surface area contributed by atoms with Crippen molar-refractivity contribution in [3.05, 3.63) is 29.3 Å². The van der Waals surface area contributed by atoms with Gasteiger partial charge in [0.1, 0.15) is 11.1 Å². The van der Waals surface area contributed by atoms with Crippen LogP contribution < -0.4 is 0 Å². The summed E-state index contributed by atoms with van der Waals surface area (Å²) in [5, 5.41) is 17.4. The highest BCUT2D eigenvalue weighted by atomic mass is 35.5. The Morgan fingerprint density at radius 1 is 1.50 bits per heavy atom. The Hall–Kier alpha value is -1.06. The Balaban J connectivity index is 3.08. The molecule has 0 aliphatic heterocycles. The third-order valence-electron chi connectivity index (χ3n) is 1.83. The molecule has 1 atom stereocenters. The monoisotopic (exact) mass is 214 g/mol. The smallest absolute Gasteiger partial charge is 0.152 e. The molecule has 1 rings (SSSR count). The minimum Gasteiger partial charge on any atom is -0.508 e. The number of aliphatic hydroxyl groups is 1. The van der Waals surface area contributed by atoms with Crippen molar-refractivity contribution in [2.24, 2.45) is 0 Å². The number of rotatable bonds is 3. The highest BCUT2D eigenvalue weighted by Gasteiger charge is 2.14. The molecule has 0 spiro atoms. The third-order valence-corrected chi connectivity index (χ3v) is 2.39. The van der Waals surface area contributed by atoms with Crippen LogP contribution in [-0.2, 0) is 11.4 Å². The molecule has 4 heteroatoms. The van der Waals surface area contributed by atoms with E-state index in [1.807, 2.05) is 0 Å². The van der Waals surface area contributed by atoms with Gasteiger partial charge >= 0.3 is 0 Å². The fourth-order valence-electron chi connectivity index (χ4n) is 1.17. The molecular weight excluding hydrogens is 204 g/mol. The summed E-state index contributed by atoms with van der Waals surface area (Å²) in [7, 11) is 0. The van der Waals surface area contributed by atoms with Gasteiger partial charge in [-0.1, -0.05) is 6.07 Å². The molecular formula is C10H11ClO3. The van der Waals surface area contributed by atoms with Crippen LogP contribution in [0.1, 0.15) is 23.4 Å². The molecule has 2 N–H and O–H groups in total. The van der Waals surface area contributed by atoms with Gasteiger partial charge in [0.25, 0.3) is 0 Å². The van der Waals surface area contributed by atoms with Gasteiger partial charge in [-0.2, -0.15) is 0 Å². The Kier molecular flexibility index (Phi) is 3.49. The predicted molar refractivity (Wildman–Crippen MR) is 53.3 cm³/mol. The number of carbonyl (C=O) groups excluding carboxylic acids is 1. The number of Topliss-reactive ketones (excluding diaryl/α,β-unsaturated/α-hetero) is 1. The summed E-state index contributed by atoms with van der Waals surface area (Å²) in [6.07, 6.45) is 0. The summed E-state index contributed by atoms with van der Waals surface area (Å²) in [6.45, 7) is 1.18. The van der Waals surface area contributed by atoms with Crippen LogP contribution in [0.3, 0.4) is 0 Å². The molecule has 0 aromatic heterocycles. The number of phenols is 1. The zero-order chi connectivity index (χ0) is 10.7. The lowest BCUT2D eigenvalue weighted by Crippen LogP contribution is -2.02. The molecule has 0 amide bonds. The lowest BCUT2D eigenvalue weighted by atomic mass is 10.1. The molecule has 1 aromatic rings. The predicted octanol–water partition coefficient (Wildman–Crippen LogP) is 1.75. The van der Waals surface area contributed by atoms with Gasteiger partial charge in [0, 0.05) is 0 Å². The third kappa shape index (κ3) is 2.47. The maximum absolute atomic E-state index is 11.0. The van der Waals surface area contributed by atoms with Gasteiger partial charge in [0.05, 0.1) is 6.61 Å². The summed E-state index contributed by atoms with van der Waals surface area (Å²) >= 11 is 5.80. The number of carbonyl (C=O) groups is 1. The molecule has 1 aromatic carbocycles. The number of aromatic hydroxyl groups is 1. The molecule has 76 valence electrons. The fourth-order valence-corrected chi connectivity index (χ4v) is 1.30. The molecule has 0 aliphatic carbocycles. The van der Waals surface area contributed by atoms with Gasteiger partial charge in [-0.15, -0.1) is 11.6 Å². The first-order valence-corrected chi connectivity index (χ1v) is 4.56. The van der Waals surface area contributed by atoms with Gasteiger partial charge in [0.2, 0.25) is 0 Å². The summed E-state index contributed by atoms with van der Waals surface area (Å²) in [6, 6.07) is 4.43. The van der Waals surface area contributed by atoms with E-state index in [-0.39, 0.29) is 18.1 Å². The molecule has 3 nitrogen and oxygen atoms in total. The van der Waals surface area contributed by atoms with Gasteiger partial charge in [0.15, 0.2) is 5.78 Å². The van der Waals surface area contributed by atoms with Gasteiger partial charge in [-0.3, -0.25) is 4.79 Å². The van der Waals surface area contributed by atoms with Gasteiger partial charge < -0.3 is 10.2 Å². The van der Waals surface area contributed by atoms with Crippen LogP contribution in [0, 0.1) is 0 Å². The number of benzene rings is 1. The Bertz CT molecular complexity index is 349. The molecule has 0 fully saturated rings. The van der Waals surface area contributed by atoms with Crippen molar-refractivity contribution in [3.8, 4) is 5.75 Å². The average Bonchev–Trinajstić information content (AvgIpc) is 2.15. The molecule has 0 bridgehead atoms. The first-order valence-electron chi connectivity index (χ1n) is 4.13. The lowest BCUT2D eigenvalue weighted by molar-refractivity contribution is -0.116. The van der Waals surface area contributed by atoms with Crippen molar-refractivity contribution in [1.29, 1.82) is 0 Å². The second-order valence-electron chi connectivity index (χ2n) is 3.06. The van der Waals surface area contributed by atoms with Crippen LogP contribution in [0.2, 0.25) is 0 Å². The van der Waals surface area contributed by atoms with E-state index in [4.69, 9.17) is 16.7 Å². The zero-order valence-electron chi connectivity index (χ0n) is 7.70. The molecule has 14 heavy (non-hydrogen) atoms. The molecule has 0 saturated heterocycles. The summed E-state index contributed by atoms with van der Waals surface area (Å²) < 4.78 is 0. The molecule has 1 unspecified atom stereocenters. The number of halogens is 1. The fraction of sp³-hybridized carbons (Fsp3) is 0.300. The lowest BCUT2D eigenvalue weighted by Gasteiger charge is -2.08. The van der Waals surface area contributed by atoms with Gasteiger partial charge in [-0.05, 0) is 30.2 Å². The SMILES string of the molecule is CC(=O)C(Cl)c1cc(O)cc(CO)c1. The summed E-state index contributed by atoms with van der Waals surface area (Å²) in [5.74, 6) is -0.195. The van der Waals surface area contributed by atoms with Crippen molar-refractivity contribution < 1.29 is 15.0 Å². The number of hydrogen-bond donors (Lipinski definition) is 2. The Morgan fingerprint density at radius 3 is 2.64 bits per heavy atom. The van der Waals surface area contributed by atoms with Crippen LogP contribution >= 0.6 is 11.6 Å².